The van der Waals surface area contributed by atoms with Crippen molar-refractivity contribution in [1.82, 2.24) is 0 Å². The molecule has 1 aliphatic heterocycles. The molecular formula is C21H15F2NO3S. The number of nitrogens with one attached hydrogen (secondary N) is 1. The highest BCUT2D eigenvalue weighted by atomic mass is 32.1. The number of thiophene rings is 1. The lowest BCUT2D eigenvalue weighted by Crippen LogP contribution is -2.47. The zero-order valence-electron chi connectivity index (χ0n) is 15.0. The van der Waals surface area contributed by atoms with Crippen molar-refractivity contribution in [2.24, 2.45) is 0 Å². The van der Waals surface area contributed by atoms with Crippen molar-refractivity contribution >= 4 is 28.0 Å². The molecule has 2 heterocycles. The second kappa shape index (κ2) is 6.53. The maximum absolute atomic E-state index is 15.8. The molecule has 1 aromatic heterocycles. The number of anilines is 1. The molecule has 7 heteroatoms. The maximum atomic E-state index is 15.8. The molecule has 1 atom stereocenters. The lowest BCUT2D eigenvalue weighted by atomic mass is 9.83. The third kappa shape index (κ3) is 2.54. The van der Waals surface area contributed by atoms with Gasteiger partial charge in [-0.25, -0.2) is 4.39 Å². The minimum Gasteiger partial charge on any atom is -0.496 e. The van der Waals surface area contributed by atoms with E-state index in [0.717, 1.165) is 5.56 Å². The van der Waals surface area contributed by atoms with Crippen LogP contribution in [0.15, 0.2) is 48.5 Å². The van der Waals surface area contributed by atoms with Crippen LogP contribution in [0.1, 0.15) is 21.5 Å². The van der Waals surface area contributed by atoms with Gasteiger partial charge in [0.25, 0.3) is 11.6 Å². The number of ketones is 1. The van der Waals surface area contributed by atoms with Crippen LogP contribution in [0.2, 0.25) is 0 Å². The Bertz CT molecular complexity index is 1110. The van der Waals surface area contributed by atoms with Crippen molar-refractivity contribution in [2.45, 2.75) is 12.6 Å². The number of carbonyl (C=O) groups excluding carboxylic acids is 2. The number of hydrogen-bond donors (Lipinski definition) is 1. The summed E-state index contributed by atoms with van der Waals surface area (Å²) in [6.07, 6.45) is 0. The summed E-state index contributed by atoms with van der Waals surface area (Å²) in [5.41, 5.74) is -2.09. The Kier molecular flexibility index (Phi) is 4.27. The first-order valence-corrected chi connectivity index (χ1v) is 9.27. The standard InChI is InChI=1S/C21H15F2NO3S/c1-11-8-9-13(14(10-11)27-2)15-16-17(25)21(23,12-6-4-3-5-7-12)20(26)24-19(16)28-18(15)22/h3-10H,1-2H3,(H,24,26). The highest BCUT2D eigenvalue weighted by Crippen LogP contribution is 2.48. The molecule has 1 amide bonds. The molecule has 1 aliphatic rings. The smallest absolute Gasteiger partial charge is 0.275 e. The largest absolute Gasteiger partial charge is 0.496 e. The number of fused-ring (bicyclic) bond motifs is 1. The maximum Gasteiger partial charge on any atom is 0.275 e. The van der Waals surface area contributed by atoms with Crippen molar-refractivity contribution < 1.29 is 23.1 Å². The predicted octanol–water partition coefficient (Wildman–Crippen LogP) is 4.87. The van der Waals surface area contributed by atoms with Gasteiger partial charge in [-0.05, 0) is 18.6 Å². The van der Waals surface area contributed by atoms with Gasteiger partial charge in [-0.15, -0.1) is 0 Å². The number of carbonyl (C=O) groups is 2. The summed E-state index contributed by atoms with van der Waals surface area (Å²) >= 11 is 0.597. The van der Waals surface area contributed by atoms with Crippen LogP contribution in [0, 0.1) is 12.1 Å². The number of Topliss-reactive ketones (excluding diaryl/α,β-unsaturated/α-hetero) is 1. The van der Waals surface area contributed by atoms with Gasteiger partial charge < -0.3 is 10.1 Å². The molecule has 142 valence electrons. The first-order chi connectivity index (χ1) is 13.4. The molecular weight excluding hydrogens is 384 g/mol. The number of amides is 1. The Morgan fingerprint density at radius 3 is 2.46 bits per heavy atom. The highest BCUT2D eigenvalue weighted by Gasteiger charge is 2.54. The molecule has 0 saturated carbocycles. The van der Waals surface area contributed by atoms with E-state index < -0.39 is 22.5 Å². The minimum atomic E-state index is -2.94. The summed E-state index contributed by atoms with van der Waals surface area (Å²) in [6, 6.07) is 12.5. The van der Waals surface area contributed by atoms with E-state index in [1.165, 1.54) is 31.4 Å². The summed E-state index contributed by atoms with van der Waals surface area (Å²) in [4.78, 5) is 25.7. The second-order valence-electron chi connectivity index (χ2n) is 6.47. The van der Waals surface area contributed by atoms with Crippen molar-refractivity contribution in [2.75, 3.05) is 12.4 Å². The van der Waals surface area contributed by atoms with Crippen LogP contribution < -0.4 is 10.1 Å². The van der Waals surface area contributed by atoms with Gasteiger partial charge in [0.15, 0.2) is 5.13 Å². The van der Waals surface area contributed by atoms with Crippen molar-refractivity contribution in [3.05, 3.63) is 70.4 Å². The van der Waals surface area contributed by atoms with Gasteiger partial charge >= 0.3 is 0 Å². The van der Waals surface area contributed by atoms with E-state index >= 15 is 4.39 Å². The zero-order chi connectivity index (χ0) is 20.1. The molecule has 0 saturated heterocycles. The SMILES string of the molecule is COc1cc(C)ccc1-c1c(F)sc2c1C(=O)C(F)(c1ccccc1)C(=O)N2. The average molecular weight is 399 g/mol. The predicted molar refractivity (Wildman–Crippen MR) is 103 cm³/mol. The monoisotopic (exact) mass is 399 g/mol. The molecule has 3 aromatic rings. The first kappa shape index (κ1) is 18.3. The third-order valence-corrected chi connectivity index (χ3v) is 5.64. The number of ether oxygens (including phenoxy) is 1. The Morgan fingerprint density at radius 1 is 1.07 bits per heavy atom. The fourth-order valence-corrected chi connectivity index (χ4v) is 4.28. The molecule has 0 bridgehead atoms. The molecule has 28 heavy (non-hydrogen) atoms. The summed E-state index contributed by atoms with van der Waals surface area (Å²) in [5.74, 6) is -1.86. The van der Waals surface area contributed by atoms with E-state index in [0.29, 0.717) is 22.6 Å². The summed E-state index contributed by atoms with van der Waals surface area (Å²) < 4.78 is 36.0. The van der Waals surface area contributed by atoms with E-state index in [1.807, 2.05) is 6.92 Å². The molecule has 1 unspecified atom stereocenters. The Morgan fingerprint density at radius 2 is 1.79 bits per heavy atom. The first-order valence-electron chi connectivity index (χ1n) is 8.46. The number of methoxy groups -OCH3 is 1. The van der Waals surface area contributed by atoms with Crippen LogP contribution in [-0.2, 0) is 10.5 Å². The molecule has 0 aliphatic carbocycles. The third-order valence-electron chi connectivity index (χ3n) is 4.74. The number of halogens is 2. The van der Waals surface area contributed by atoms with Crippen LogP contribution in [0.25, 0.3) is 11.1 Å². The van der Waals surface area contributed by atoms with Gasteiger partial charge in [-0.3, -0.25) is 9.59 Å². The quantitative estimate of drug-likeness (QED) is 0.639. The summed E-state index contributed by atoms with van der Waals surface area (Å²) in [5, 5.41) is 1.66. The molecule has 0 radical (unpaired) electrons. The molecule has 0 spiro atoms. The van der Waals surface area contributed by atoms with Gasteiger partial charge in [0.2, 0.25) is 5.78 Å². The van der Waals surface area contributed by atoms with Crippen LogP contribution in [0.5, 0.6) is 5.75 Å². The molecule has 0 fully saturated rings. The topological polar surface area (TPSA) is 55.4 Å². The minimum absolute atomic E-state index is 0.00525. The van der Waals surface area contributed by atoms with E-state index in [4.69, 9.17) is 4.74 Å². The molecule has 1 N–H and O–H groups in total. The van der Waals surface area contributed by atoms with Crippen LogP contribution in [-0.4, -0.2) is 18.8 Å². The van der Waals surface area contributed by atoms with E-state index in [-0.39, 0.29) is 21.7 Å². The fraction of sp³-hybridized carbons (Fsp3) is 0.143. The zero-order valence-corrected chi connectivity index (χ0v) is 15.8. The van der Waals surface area contributed by atoms with Gasteiger partial charge in [0.1, 0.15) is 10.8 Å². The fourth-order valence-electron chi connectivity index (χ4n) is 3.35. The van der Waals surface area contributed by atoms with E-state index in [9.17, 15) is 14.0 Å². The van der Waals surface area contributed by atoms with E-state index in [1.54, 1.807) is 24.3 Å². The Balaban J connectivity index is 1.96. The number of aryl methyl sites for hydroxylation is 1. The van der Waals surface area contributed by atoms with Crippen LogP contribution in [0.4, 0.5) is 13.8 Å². The summed E-state index contributed by atoms with van der Waals surface area (Å²) in [7, 11) is 1.43. The molecule has 2 aromatic carbocycles. The van der Waals surface area contributed by atoms with Gasteiger partial charge in [-0.1, -0.05) is 53.8 Å². The highest BCUT2D eigenvalue weighted by molar-refractivity contribution is 7.15. The van der Waals surface area contributed by atoms with Crippen LogP contribution in [0.3, 0.4) is 0 Å². The normalized spacial score (nSPS) is 18.6. The second-order valence-corrected chi connectivity index (χ2v) is 7.44. The van der Waals surface area contributed by atoms with E-state index in [2.05, 4.69) is 5.32 Å². The lowest BCUT2D eigenvalue weighted by Gasteiger charge is -2.28. The van der Waals surface area contributed by atoms with Crippen molar-refractivity contribution in [3.63, 3.8) is 0 Å². The van der Waals surface area contributed by atoms with Gasteiger partial charge in [0.05, 0.1) is 12.7 Å². The molecule has 4 rings (SSSR count). The number of hydrogen-bond acceptors (Lipinski definition) is 4. The van der Waals surface area contributed by atoms with Gasteiger partial charge in [0, 0.05) is 16.7 Å². The number of rotatable bonds is 3. The Labute approximate surface area is 163 Å². The van der Waals surface area contributed by atoms with Crippen LogP contribution >= 0.6 is 11.3 Å². The Hall–Kier alpha value is -3.06. The lowest BCUT2D eigenvalue weighted by molar-refractivity contribution is -0.125. The van der Waals surface area contributed by atoms with Gasteiger partial charge in [-0.2, -0.15) is 4.39 Å². The average Bonchev–Trinajstić information content (AvgIpc) is 3.02. The number of alkyl halides is 1. The van der Waals surface area contributed by atoms with Crippen molar-refractivity contribution in [1.29, 1.82) is 0 Å². The summed E-state index contributed by atoms with van der Waals surface area (Å²) in [6.45, 7) is 1.85. The van der Waals surface area contributed by atoms with Crippen molar-refractivity contribution in [3.8, 4) is 16.9 Å². The number of benzene rings is 2. The molecule has 4 nitrogen and oxygen atoms in total.